The van der Waals surface area contributed by atoms with Crippen LogP contribution in [0.2, 0.25) is 0 Å². The normalized spacial score (nSPS) is 10.6. The lowest BCUT2D eigenvalue weighted by Gasteiger charge is -2.08. The second kappa shape index (κ2) is 10.8. The molecule has 2 aromatic carbocycles. The summed E-state index contributed by atoms with van der Waals surface area (Å²) in [6.45, 7) is 4.81. The fourth-order valence-corrected chi connectivity index (χ4v) is 2.36. The molecule has 0 saturated carbocycles. The highest BCUT2D eigenvalue weighted by Gasteiger charge is 2.08. The lowest BCUT2D eigenvalue weighted by Crippen LogP contribution is -2.10. The van der Waals surface area contributed by atoms with E-state index in [1.807, 2.05) is 24.3 Å². The van der Waals surface area contributed by atoms with E-state index >= 15 is 0 Å². The van der Waals surface area contributed by atoms with Gasteiger partial charge in [-0.2, -0.15) is 0 Å². The second-order valence-corrected chi connectivity index (χ2v) is 5.86. The predicted octanol–water partition coefficient (Wildman–Crippen LogP) is 4.69. The Morgan fingerprint density at radius 2 is 1.89 bits per heavy atom. The van der Waals surface area contributed by atoms with Crippen molar-refractivity contribution in [1.29, 1.82) is 0 Å². The van der Waals surface area contributed by atoms with Gasteiger partial charge in [-0.15, -0.1) is 0 Å². The van der Waals surface area contributed by atoms with Gasteiger partial charge in [0.2, 0.25) is 5.91 Å². The molecule has 0 bridgehead atoms. The number of carbonyl (C=O) groups is 2. The van der Waals surface area contributed by atoms with Gasteiger partial charge in [-0.05, 0) is 43.7 Å². The zero-order valence-electron chi connectivity index (χ0n) is 15.7. The molecule has 142 valence electrons. The summed E-state index contributed by atoms with van der Waals surface area (Å²) in [4.78, 5) is 24.0. The maximum absolute atomic E-state index is 12.2. The molecule has 0 aliphatic rings. The summed E-state index contributed by atoms with van der Waals surface area (Å²) in [6, 6.07) is 14.2. The molecule has 5 heteroatoms. The van der Waals surface area contributed by atoms with Gasteiger partial charge in [-0.3, -0.25) is 4.79 Å². The zero-order chi connectivity index (χ0) is 19.5. The van der Waals surface area contributed by atoms with Gasteiger partial charge in [0.15, 0.2) is 0 Å². The van der Waals surface area contributed by atoms with Crippen LogP contribution in [0, 0.1) is 0 Å². The minimum Gasteiger partial charge on any atom is -0.493 e. The fraction of sp³-hybridized carbons (Fsp3) is 0.273. The topological polar surface area (TPSA) is 64.6 Å². The smallest absolute Gasteiger partial charge is 0.338 e. The SMILES string of the molecule is CCCCOc1ccccc1/C=C/C(=O)Nc1cccc(C(=O)OCC)c1. The average molecular weight is 367 g/mol. The van der Waals surface area contributed by atoms with Crippen molar-refractivity contribution in [3.63, 3.8) is 0 Å². The maximum Gasteiger partial charge on any atom is 0.338 e. The van der Waals surface area contributed by atoms with E-state index in [-0.39, 0.29) is 5.91 Å². The average Bonchev–Trinajstić information content (AvgIpc) is 2.68. The Balaban J connectivity index is 2.02. The number of carbonyl (C=O) groups excluding carboxylic acids is 2. The first-order valence-electron chi connectivity index (χ1n) is 9.12. The Bertz CT molecular complexity index is 798. The molecule has 0 heterocycles. The Hall–Kier alpha value is -3.08. The molecule has 0 fully saturated rings. The van der Waals surface area contributed by atoms with Crippen LogP contribution in [0.1, 0.15) is 42.6 Å². The molecule has 0 unspecified atom stereocenters. The van der Waals surface area contributed by atoms with Crippen molar-refractivity contribution in [3.8, 4) is 5.75 Å². The quantitative estimate of drug-likeness (QED) is 0.397. The number of esters is 1. The maximum atomic E-state index is 12.2. The molecule has 5 nitrogen and oxygen atoms in total. The van der Waals surface area contributed by atoms with Gasteiger partial charge in [0, 0.05) is 17.3 Å². The number of amides is 1. The summed E-state index contributed by atoms with van der Waals surface area (Å²) in [5.74, 6) is 0.0426. The number of anilines is 1. The van der Waals surface area contributed by atoms with Crippen molar-refractivity contribution in [2.45, 2.75) is 26.7 Å². The molecular formula is C22H25NO4. The van der Waals surface area contributed by atoms with Crippen molar-refractivity contribution in [1.82, 2.24) is 0 Å². The van der Waals surface area contributed by atoms with Gasteiger partial charge in [-0.1, -0.05) is 37.6 Å². The fourth-order valence-electron chi connectivity index (χ4n) is 2.36. The predicted molar refractivity (Wildman–Crippen MR) is 107 cm³/mol. The van der Waals surface area contributed by atoms with Crippen LogP contribution < -0.4 is 10.1 Å². The van der Waals surface area contributed by atoms with Crippen LogP contribution in [0.5, 0.6) is 5.75 Å². The van der Waals surface area contributed by atoms with Crippen molar-refractivity contribution in [2.75, 3.05) is 18.5 Å². The summed E-state index contributed by atoms with van der Waals surface area (Å²) < 4.78 is 10.7. The molecule has 1 amide bonds. The van der Waals surface area contributed by atoms with E-state index in [1.54, 1.807) is 37.3 Å². The van der Waals surface area contributed by atoms with E-state index in [9.17, 15) is 9.59 Å². The Morgan fingerprint density at radius 1 is 1.07 bits per heavy atom. The zero-order valence-corrected chi connectivity index (χ0v) is 15.7. The Morgan fingerprint density at radius 3 is 2.67 bits per heavy atom. The van der Waals surface area contributed by atoms with Crippen LogP contribution >= 0.6 is 0 Å². The minimum atomic E-state index is -0.415. The van der Waals surface area contributed by atoms with Gasteiger partial charge >= 0.3 is 5.97 Å². The molecule has 0 spiro atoms. The third-order valence-electron chi connectivity index (χ3n) is 3.73. The van der Waals surface area contributed by atoms with Crippen LogP contribution in [-0.4, -0.2) is 25.1 Å². The summed E-state index contributed by atoms with van der Waals surface area (Å²) in [6.07, 6.45) is 5.20. The molecule has 2 aromatic rings. The first kappa shape index (κ1) is 20.2. The number of ether oxygens (including phenoxy) is 2. The molecule has 1 N–H and O–H groups in total. The lowest BCUT2D eigenvalue weighted by atomic mass is 10.1. The Labute approximate surface area is 160 Å². The first-order chi connectivity index (χ1) is 13.1. The highest BCUT2D eigenvalue weighted by Crippen LogP contribution is 2.20. The van der Waals surface area contributed by atoms with Crippen molar-refractivity contribution in [3.05, 3.63) is 65.7 Å². The van der Waals surface area contributed by atoms with Crippen LogP contribution in [0.4, 0.5) is 5.69 Å². The summed E-state index contributed by atoms with van der Waals surface area (Å²) in [5, 5.41) is 2.75. The third-order valence-corrected chi connectivity index (χ3v) is 3.73. The highest BCUT2D eigenvalue weighted by atomic mass is 16.5. The summed E-state index contributed by atoms with van der Waals surface area (Å²) >= 11 is 0. The van der Waals surface area contributed by atoms with Gasteiger partial charge in [0.1, 0.15) is 5.75 Å². The summed E-state index contributed by atoms with van der Waals surface area (Å²) in [5.41, 5.74) is 1.76. The van der Waals surface area contributed by atoms with Gasteiger partial charge in [0.05, 0.1) is 18.8 Å². The molecular weight excluding hydrogens is 342 g/mol. The van der Waals surface area contributed by atoms with E-state index in [1.165, 1.54) is 6.08 Å². The molecule has 0 radical (unpaired) electrons. The number of hydrogen-bond acceptors (Lipinski definition) is 4. The molecule has 2 rings (SSSR count). The number of rotatable bonds is 9. The van der Waals surface area contributed by atoms with Crippen LogP contribution in [-0.2, 0) is 9.53 Å². The first-order valence-corrected chi connectivity index (χ1v) is 9.12. The van der Waals surface area contributed by atoms with E-state index < -0.39 is 5.97 Å². The van der Waals surface area contributed by atoms with E-state index in [0.717, 1.165) is 24.2 Å². The second-order valence-electron chi connectivity index (χ2n) is 5.86. The lowest BCUT2D eigenvalue weighted by molar-refractivity contribution is -0.111. The van der Waals surface area contributed by atoms with Crippen molar-refractivity contribution in [2.24, 2.45) is 0 Å². The number of para-hydroxylation sites is 1. The molecule has 0 atom stereocenters. The van der Waals surface area contributed by atoms with E-state index in [4.69, 9.17) is 9.47 Å². The van der Waals surface area contributed by atoms with Gasteiger partial charge in [-0.25, -0.2) is 4.79 Å². The standard InChI is InChI=1S/C22H25NO4/c1-3-5-15-27-20-12-7-6-9-17(20)13-14-21(24)23-19-11-8-10-18(16-19)22(25)26-4-2/h6-14,16H,3-5,15H2,1-2H3,(H,23,24)/b14-13+. The number of nitrogens with one attached hydrogen (secondary N) is 1. The molecule has 0 aromatic heterocycles. The number of unbranched alkanes of at least 4 members (excludes halogenated alkanes) is 1. The molecule has 0 saturated heterocycles. The molecule has 0 aliphatic heterocycles. The third kappa shape index (κ3) is 6.62. The van der Waals surface area contributed by atoms with Gasteiger partial charge < -0.3 is 14.8 Å². The number of benzene rings is 2. The van der Waals surface area contributed by atoms with E-state index in [0.29, 0.717) is 24.5 Å². The molecule has 27 heavy (non-hydrogen) atoms. The van der Waals surface area contributed by atoms with Gasteiger partial charge in [0.25, 0.3) is 0 Å². The van der Waals surface area contributed by atoms with Crippen LogP contribution in [0.15, 0.2) is 54.6 Å². The number of hydrogen-bond donors (Lipinski definition) is 1. The Kier molecular flexibility index (Phi) is 8.10. The van der Waals surface area contributed by atoms with E-state index in [2.05, 4.69) is 12.2 Å². The highest BCUT2D eigenvalue weighted by molar-refractivity contribution is 6.02. The molecule has 0 aliphatic carbocycles. The monoisotopic (exact) mass is 367 g/mol. The minimum absolute atomic E-state index is 0.292. The van der Waals surface area contributed by atoms with Crippen molar-refractivity contribution >= 4 is 23.6 Å². The summed E-state index contributed by atoms with van der Waals surface area (Å²) in [7, 11) is 0. The largest absolute Gasteiger partial charge is 0.493 e. The van der Waals surface area contributed by atoms with Crippen LogP contribution in [0.3, 0.4) is 0 Å². The van der Waals surface area contributed by atoms with Crippen LogP contribution in [0.25, 0.3) is 6.08 Å². The van der Waals surface area contributed by atoms with Crippen molar-refractivity contribution < 1.29 is 19.1 Å².